The van der Waals surface area contributed by atoms with Gasteiger partial charge in [0.15, 0.2) is 0 Å². The van der Waals surface area contributed by atoms with E-state index in [1.165, 1.54) is 45.2 Å². The molecule has 2 aliphatic heterocycles. The fourth-order valence-electron chi connectivity index (χ4n) is 3.34. The van der Waals surface area contributed by atoms with E-state index in [1.807, 2.05) is 6.07 Å². The van der Waals surface area contributed by atoms with Crippen molar-refractivity contribution >= 4 is 11.6 Å². The van der Waals surface area contributed by atoms with Crippen LogP contribution >= 0.6 is 0 Å². The molecule has 20 heavy (non-hydrogen) atoms. The number of hydrogen-bond acceptors (Lipinski definition) is 6. The third kappa shape index (κ3) is 3.02. The topological polar surface area (TPSA) is 70.3 Å². The predicted octanol–water partition coefficient (Wildman–Crippen LogP) is 1.22. The quantitative estimate of drug-likeness (QED) is 0.639. The zero-order chi connectivity index (χ0) is 13.8. The van der Waals surface area contributed by atoms with Gasteiger partial charge in [-0.05, 0) is 38.8 Å². The van der Waals surface area contributed by atoms with Gasteiger partial charge in [-0.3, -0.25) is 0 Å². The number of nitrogens with one attached hydrogen (secondary N) is 1. The number of anilines is 2. The lowest BCUT2D eigenvalue weighted by Gasteiger charge is -2.40. The van der Waals surface area contributed by atoms with Crippen LogP contribution in [0.5, 0.6) is 0 Å². The zero-order valence-corrected chi connectivity index (χ0v) is 12.0. The molecule has 110 valence electrons. The number of nitrogens with two attached hydrogens (primary N) is 1. The summed E-state index contributed by atoms with van der Waals surface area (Å²) < 4.78 is 0. The number of likely N-dealkylation sites (tertiary alicyclic amines) is 1. The molecule has 3 N–H and O–H groups in total. The van der Waals surface area contributed by atoms with Crippen LogP contribution in [0.15, 0.2) is 12.4 Å². The molecule has 1 aromatic heterocycles. The SMILES string of the molecule is NNc1cc(N2CCC(N3CCCCC3)CC2)ncn1. The number of nitrogens with zero attached hydrogens (tertiary/aromatic N) is 4. The standard InChI is InChI=1S/C14H24N6/c15-18-13-10-14(17-11-16-13)20-8-4-12(5-9-20)19-6-2-1-3-7-19/h10-12H,1-9,15H2,(H,16,17,18). The Bertz CT molecular complexity index is 423. The van der Waals surface area contributed by atoms with Crippen molar-refractivity contribution in [1.82, 2.24) is 14.9 Å². The molecule has 3 rings (SSSR count). The molecule has 2 aliphatic rings. The number of aromatic nitrogens is 2. The Morgan fingerprint density at radius 3 is 2.50 bits per heavy atom. The highest BCUT2D eigenvalue weighted by Crippen LogP contribution is 2.24. The second-order valence-corrected chi connectivity index (χ2v) is 5.72. The summed E-state index contributed by atoms with van der Waals surface area (Å²) in [6.07, 6.45) is 8.19. The summed E-state index contributed by atoms with van der Waals surface area (Å²) in [5.41, 5.74) is 2.58. The average Bonchev–Trinajstić information content (AvgIpc) is 2.56. The predicted molar refractivity (Wildman–Crippen MR) is 80.5 cm³/mol. The Labute approximate surface area is 120 Å². The summed E-state index contributed by atoms with van der Waals surface area (Å²) in [5.74, 6) is 7.05. The molecule has 0 unspecified atom stereocenters. The van der Waals surface area contributed by atoms with Gasteiger partial charge >= 0.3 is 0 Å². The number of hydrazine groups is 1. The lowest BCUT2D eigenvalue weighted by Crippen LogP contribution is -2.46. The Kier molecular flexibility index (Phi) is 4.32. The molecule has 0 aliphatic carbocycles. The van der Waals surface area contributed by atoms with E-state index in [0.29, 0.717) is 5.82 Å². The molecular weight excluding hydrogens is 252 g/mol. The van der Waals surface area contributed by atoms with Crippen LogP contribution in [0.4, 0.5) is 11.6 Å². The van der Waals surface area contributed by atoms with E-state index in [-0.39, 0.29) is 0 Å². The van der Waals surface area contributed by atoms with Gasteiger partial charge in [-0.25, -0.2) is 15.8 Å². The van der Waals surface area contributed by atoms with Gasteiger partial charge in [-0.1, -0.05) is 6.42 Å². The number of rotatable bonds is 3. The van der Waals surface area contributed by atoms with Crippen molar-refractivity contribution in [2.24, 2.45) is 5.84 Å². The minimum absolute atomic E-state index is 0.674. The molecule has 0 saturated carbocycles. The van der Waals surface area contributed by atoms with Crippen LogP contribution in [0.3, 0.4) is 0 Å². The summed E-state index contributed by atoms with van der Waals surface area (Å²) in [6, 6.07) is 2.68. The Morgan fingerprint density at radius 2 is 1.80 bits per heavy atom. The van der Waals surface area contributed by atoms with Crippen molar-refractivity contribution in [3.05, 3.63) is 12.4 Å². The summed E-state index contributed by atoms with van der Waals surface area (Å²) in [5, 5.41) is 0. The molecule has 6 heteroatoms. The third-order valence-electron chi connectivity index (χ3n) is 4.50. The van der Waals surface area contributed by atoms with Gasteiger partial charge in [-0.2, -0.15) is 0 Å². The van der Waals surface area contributed by atoms with Crippen LogP contribution in [-0.4, -0.2) is 47.1 Å². The smallest absolute Gasteiger partial charge is 0.145 e. The minimum atomic E-state index is 0.674. The first-order valence-electron chi connectivity index (χ1n) is 7.64. The van der Waals surface area contributed by atoms with Crippen LogP contribution in [0, 0.1) is 0 Å². The highest BCUT2D eigenvalue weighted by Gasteiger charge is 2.26. The fraction of sp³-hybridized carbons (Fsp3) is 0.714. The molecular formula is C14H24N6. The van der Waals surface area contributed by atoms with Crippen LogP contribution in [0.25, 0.3) is 0 Å². The Morgan fingerprint density at radius 1 is 1.05 bits per heavy atom. The van der Waals surface area contributed by atoms with Crippen molar-refractivity contribution in [3.63, 3.8) is 0 Å². The molecule has 0 spiro atoms. The zero-order valence-electron chi connectivity index (χ0n) is 12.0. The van der Waals surface area contributed by atoms with E-state index in [2.05, 4.69) is 25.2 Å². The first-order valence-corrected chi connectivity index (χ1v) is 7.64. The second-order valence-electron chi connectivity index (χ2n) is 5.72. The van der Waals surface area contributed by atoms with E-state index < -0.39 is 0 Å². The number of nitrogen functional groups attached to an aromatic ring is 1. The van der Waals surface area contributed by atoms with Gasteiger partial charge in [0.1, 0.15) is 18.0 Å². The summed E-state index contributed by atoms with van der Waals surface area (Å²) in [4.78, 5) is 13.4. The van der Waals surface area contributed by atoms with E-state index in [9.17, 15) is 0 Å². The normalized spacial score (nSPS) is 21.9. The van der Waals surface area contributed by atoms with E-state index in [1.54, 1.807) is 6.33 Å². The van der Waals surface area contributed by atoms with Crippen LogP contribution < -0.4 is 16.2 Å². The monoisotopic (exact) mass is 276 g/mol. The maximum Gasteiger partial charge on any atom is 0.145 e. The molecule has 6 nitrogen and oxygen atoms in total. The Balaban J connectivity index is 1.57. The average molecular weight is 276 g/mol. The number of hydrogen-bond donors (Lipinski definition) is 2. The number of piperidine rings is 2. The molecule has 0 atom stereocenters. The van der Waals surface area contributed by atoms with Crippen LogP contribution in [-0.2, 0) is 0 Å². The molecule has 1 aromatic rings. The van der Waals surface area contributed by atoms with Gasteiger partial charge in [-0.15, -0.1) is 0 Å². The van der Waals surface area contributed by atoms with Crippen LogP contribution in [0.1, 0.15) is 32.1 Å². The molecule has 0 aromatic carbocycles. The second kappa shape index (κ2) is 6.37. The maximum atomic E-state index is 5.40. The van der Waals surface area contributed by atoms with Crippen molar-refractivity contribution in [1.29, 1.82) is 0 Å². The molecule has 0 radical (unpaired) electrons. The van der Waals surface area contributed by atoms with Gasteiger partial charge < -0.3 is 15.2 Å². The van der Waals surface area contributed by atoms with Crippen molar-refractivity contribution in [2.75, 3.05) is 36.5 Å². The van der Waals surface area contributed by atoms with Gasteiger partial charge in [0.25, 0.3) is 0 Å². The Hall–Kier alpha value is -1.40. The molecule has 0 bridgehead atoms. The van der Waals surface area contributed by atoms with Gasteiger partial charge in [0, 0.05) is 25.2 Å². The minimum Gasteiger partial charge on any atom is -0.356 e. The molecule has 3 heterocycles. The largest absolute Gasteiger partial charge is 0.356 e. The summed E-state index contributed by atoms with van der Waals surface area (Å²) >= 11 is 0. The van der Waals surface area contributed by atoms with E-state index in [4.69, 9.17) is 5.84 Å². The molecule has 2 saturated heterocycles. The first kappa shape index (κ1) is 13.6. The lowest BCUT2D eigenvalue weighted by atomic mass is 10.00. The summed E-state index contributed by atoms with van der Waals surface area (Å²) in [6.45, 7) is 4.73. The van der Waals surface area contributed by atoms with Crippen molar-refractivity contribution < 1.29 is 0 Å². The highest BCUT2D eigenvalue weighted by atomic mass is 15.3. The lowest BCUT2D eigenvalue weighted by molar-refractivity contribution is 0.141. The van der Waals surface area contributed by atoms with E-state index >= 15 is 0 Å². The van der Waals surface area contributed by atoms with Crippen molar-refractivity contribution in [3.8, 4) is 0 Å². The van der Waals surface area contributed by atoms with Crippen LogP contribution in [0.2, 0.25) is 0 Å². The maximum absolute atomic E-state index is 5.40. The fourth-order valence-corrected chi connectivity index (χ4v) is 3.34. The van der Waals surface area contributed by atoms with Gasteiger partial charge in [0.2, 0.25) is 0 Å². The summed E-state index contributed by atoms with van der Waals surface area (Å²) in [7, 11) is 0. The molecule has 0 amide bonds. The first-order chi connectivity index (χ1) is 9.86. The van der Waals surface area contributed by atoms with Gasteiger partial charge in [0.05, 0.1) is 0 Å². The van der Waals surface area contributed by atoms with Crippen molar-refractivity contribution in [2.45, 2.75) is 38.1 Å². The molecule has 2 fully saturated rings. The highest BCUT2D eigenvalue weighted by molar-refractivity contribution is 5.48. The third-order valence-corrected chi connectivity index (χ3v) is 4.50. The van der Waals surface area contributed by atoms with E-state index in [0.717, 1.165) is 24.9 Å².